The van der Waals surface area contributed by atoms with Gasteiger partial charge in [-0.1, -0.05) is 0 Å². The van der Waals surface area contributed by atoms with Crippen LogP contribution in [0.15, 0.2) is 6.33 Å². The van der Waals surface area contributed by atoms with E-state index in [9.17, 15) is 18.0 Å². The monoisotopic (exact) mass is 447 g/mol. The van der Waals surface area contributed by atoms with Crippen LogP contribution in [0.2, 0.25) is 0 Å². The predicted octanol–water partition coefficient (Wildman–Crippen LogP) is 1.70. The molecule has 1 aromatic rings. The first-order valence-electron chi connectivity index (χ1n) is 10.4. The Hall–Kier alpha value is -2.21. The van der Waals surface area contributed by atoms with Gasteiger partial charge in [0.15, 0.2) is 0 Å². The molecule has 3 aliphatic rings. The maximum Gasteiger partial charge on any atom is 0.490 e. The number of aryl methyl sites for hydroxylation is 1. The maximum atomic E-state index is 12.6. The molecule has 0 aromatic carbocycles. The molecule has 3 aliphatic heterocycles. The van der Waals surface area contributed by atoms with E-state index in [0.29, 0.717) is 18.5 Å². The van der Waals surface area contributed by atoms with E-state index in [-0.39, 0.29) is 11.5 Å². The van der Waals surface area contributed by atoms with Gasteiger partial charge in [-0.3, -0.25) is 9.48 Å². The van der Waals surface area contributed by atoms with E-state index < -0.39 is 12.1 Å². The lowest BCUT2D eigenvalue weighted by Gasteiger charge is -2.39. The number of likely N-dealkylation sites (tertiary alicyclic amines) is 2. The van der Waals surface area contributed by atoms with Crippen molar-refractivity contribution in [3.8, 4) is 0 Å². The first-order valence-corrected chi connectivity index (χ1v) is 10.4. The second-order valence-corrected chi connectivity index (χ2v) is 8.34. The van der Waals surface area contributed by atoms with Crippen LogP contribution in [0, 0.1) is 0 Å². The van der Waals surface area contributed by atoms with Gasteiger partial charge in [0.25, 0.3) is 5.91 Å². The lowest BCUT2D eigenvalue weighted by Crippen LogP contribution is -2.47. The van der Waals surface area contributed by atoms with E-state index in [1.807, 2.05) is 4.90 Å². The fourth-order valence-electron chi connectivity index (χ4n) is 4.40. The summed E-state index contributed by atoms with van der Waals surface area (Å²) >= 11 is 0. The molecule has 1 N–H and O–H groups in total. The zero-order chi connectivity index (χ0) is 22.6. The molecule has 3 saturated heterocycles. The average molecular weight is 447 g/mol. The fourth-order valence-corrected chi connectivity index (χ4v) is 4.40. The van der Waals surface area contributed by atoms with Crippen LogP contribution in [0.3, 0.4) is 0 Å². The van der Waals surface area contributed by atoms with Crippen molar-refractivity contribution < 1.29 is 32.6 Å². The summed E-state index contributed by atoms with van der Waals surface area (Å²) in [6.45, 7) is 4.90. The van der Waals surface area contributed by atoms with Crippen LogP contribution in [-0.2, 0) is 16.6 Å². The SMILES string of the molecule is Cn1cnc(C(=O)N2CC[C@]3(CCC[C@H](CN4CCCC4)O3)C2)n1.O=C(O)C(F)(F)F. The molecule has 0 aliphatic carbocycles. The first kappa shape index (κ1) is 23.5. The Bertz CT molecular complexity index is 781. The van der Waals surface area contributed by atoms with Gasteiger partial charge in [-0.15, -0.1) is 5.10 Å². The molecular weight excluding hydrogens is 419 g/mol. The Morgan fingerprint density at radius 3 is 2.48 bits per heavy atom. The lowest BCUT2D eigenvalue weighted by molar-refractivity contribution is -0.192. The summed E-state index contributed by atoms with van der Waals surface area (Å²) in [5.74, 6) is -2.54. The van der Waals surface area contributed by atoms with Crippen molar-refractivity contribution >= 4 is 11.9 Å². The van der Waals surface area contributed by atoms with E-state index in [1.54, 1.807) is 18.1 Å². The molecule has 9 nitrogen and oxygen atoms in total. The zero-order valence-corrected chi connectivity index (χ0v) is 17.5. The molecule has 0 unspecified atom stereocenters. The van der Waals surface area contributed by atoms with Gasteiger partial charge in [0.05, 0.1) is 18.2 Å². The molecule has 1 amide bonds. The number of nitrogens with zero attached hydrogens (tertiary/aromatic N) is 5. The van der Waals surface area contributed by atoms with Gasteiger partial charge in [-0.2, -0.15) is 13.2 Å². The lowest BCUT2D eigenvalue weighted by atomic mass is 9.90. The number of carbonyl (C=O) groups is 2. The van der Waals surface area contributed by atoms with Crippen molar-refractivity contribution in [2.75, 3.05) is 32.7 Å². The highest BCUT2D eigenvalue weighted by molar-refractivity contribution is 5.90. The summed E-state index contributed by atoms with van der Waals surface area (Å²) in [6, 6.07) is 0. The fraction of sp³-hybridized carbons (Fsp3) is 0.789. The van der Waals surface area contributed by atoms with Crippen LogP contribution in [0.5, 0.6) is 0 Å². The van der Waals surface area contributed by atoms with Gasteiger partial charge in [-0.25, -0.2) is 9.78 Å². The quantitative estimate of drug-likeness (QED) is 0.753. The van der Waals surface area contributed by atoms with Crippen LogP contribution in [0.4, 0.5) is 13.2 Å². The van der Waals surface area contributed by atoms with Crippen molar-refractivity contribution in [3.05, 3.63) is 12.2 Å². The molecule has 2 atom stereocenters. The van der Waals surface area contributed by atoms with E-state index in [1.165, 1.54) is 32.4 Å². The summed E-state index contributed by atoms with van der Waals surface area (Å²) in [4.78, 5) is 30.0. The smallest absolute Gasteiger partial charge is 0.475 e. The van der Waals surface area contributed by atoms with Crippen LogP contribution in [-0.4, -0.2) is 92.2 Å². The van der Waals surface area contributed by atoms with E-state index in [2.05, 4.69) is 15.0 Å². The number of carbonyl (C=O) groups excluding carboxylic acids is 1. The molecule has 0 saturated carbocycles. The summed E-state index contributed by atoms with van der Waals surface area (Å²) in [5, 5.41) is 11.3. The second-order valence-electron chi connectivity index (χ2n) is 8.34. The molecule has 0 bridgehead atoms. The number of aromatic nitrogens is 3. The standard InChI is InChI=1S/C17H27N5O2.C2HF3O2/c1-20-13-18-15(19-20)16(23)22-10-7-17(12-22)6-4-5-14(24-17)11-21-8-2-3-9-21;3-2(4,5)1(6)7/h13-14H,2-12H2,1H3;(H,6,7)/t14-,17-;/m1./s1. The minimum Gasteiger partial charge on any atom is -0.475 e. The van der Waals surface area contributed by atoms with Crippen LogP contribution in [0.25, 0.3) is 0 Å². The number of hydrogen-bond donors (Lipinski definition) is 1. The Kier molecular flexibility index (Phi) is 7.20. The molecule has 12 heteroatoms. The highest BCUT2D eigenvalue weighted by Crippen LogP contribution is 2.37. The van der Waals surface area contributed by atoms with Crippen LogP contribution in [0.1, 0.15) is 49.1 Å². The molecule has 4 rings (SSSR count). The molecule has 0 radical (unpaired) electrons. The van der Waals surface area contributed by atoms with Crippen molar-refractivity contribution in [3.63, 3.8) is 0 Å². The third-order valence-corrected chi connectivity index (χ3v) is 5.87. The Balaban J connectivity index is 0.000000339. The van der Waals surface area contributed by atoms with Gasteiger partial charge in [0, 0.05) is 20.1 Å². The van der Waals surface area contributed by atoms with E-state index in [4.69, 9.17) is 14.6 Å². The van der Waals surface area contributed by atoms with E-state index in [0.717, 1.165) is 32.4 Å². The largest absolute Gasteiger partial charge is 0.490 e. The molecule has 174 valence electrons. The highest BCUT2D eigenvalue weighted by atomic mass is 19.4. The minimum absolute atomic E-state index is 0.0715. The number of alkyl halides is 3. The molecule has 1 spiro atoms. The Labute approximate surface area is 178 Å². The topological polar surface area (TPSA) is 101 Å². The van der Waals surface area contributed by atoms with Crippen molar-refractivity contribution in [2.24, 2.45) is 7.05 Å². The van der Waals surface area contributed by atoms with E-state index >= 15 is 0 Å². The predicted molar refractivity (Wildman–Crippen MR) is 102 cm³/mol. The van der Waals surface area contributed by atoms with Crippen molar-refractivity contribution in [2.45, 2.75) is 56.4 Å². The number of halogens is 3. The summed E-state index contributed by atoms with van der Waals surface area (Å²) < 4.78 is 39.8. The number of amides is 1. The molecule has 1 aromatic heterocycles. The number of carboxylic acid groups (broad SMARTS) is 1. The van der Waals surface area contributed by atoms with Gasteiger partial charge < -0.3 is 19.6 Å². The Morgan fingerprint density at radius 1 is 1.23 bits per heavy atom. The number of ether oxygens (including phenoxy) is 1. The number of aliphatic carboxylic acids is 1. The number of carboxylic acids is 1. The third-order valence-electron chi connectivity index (χ3n) is 5.87. The zero-order valence-electron chi connectivity index (χ0n) is 17.5. The summed E-state index contributed by atoms with van der Waals surface area (Å²) in [6.07, 6.45) is 3.78. The van der Waals surface area contributed by atoms with Crippen molar-refractivity contribution in [1.29, 1.82) is 0 Å². The Morgan fingerprint density at radius 2 is 1.90 bits per heavy atom. The van der Waals surface area contributed by atoms with Crippen LogP contribution < -0.4 is 0 Å². The number of hydrogen-bond acceptors (Lipinski definition) is 6. The maximum absolute atomic E-state index is 12.6. The highest BCUT2D eigenvalue weighted by Gasteiger charge is 2.45. The molecular formula is C19H28F3N5O4. The summed E-state index contributed by atoms with van der Waals surface area (Å²) in [5.41, 5.74) is -0.146. The summed E-state index contributed by atoms with van der Waals surface area (Å²) in [7, 11) is 1.78. The minimum atomic E-state index is -5.08. The van der Waals surface area contributed by atoms with Crippen LogP contribution >= 0.6 is 0 Å². The second kappa shape index (κ2) is 9.51. The van der Waals surface area contributed by atoms with Gasteiger partial charge >= 0.3 is 12.1 Å². The first-order chi connectivity index (χ1) is 14.6. The van der Waals surface area contributed by atoms with Gasteiger partial charge in [0.2, 0.25) is 5.82 Å². The van der Waals surface area contributed by atoms with Gasteiger partial charge in [-0.05, 0) is 51.6 Å². The molecule has 31 heavy (non-hydrogen) atoms. The average Bonchev–Trinajstić information content (AvgIpc) is 3.44. The normalized spacial score (nSPS) is 26.7. The van der Waals surface area contributed by atoms with Crippen molar-refractivity contribution in [1.82, 2.24) is 24.6 Å². The van der Waals surface area contributed by atoms with Gasteiger partial charge in [0.1, 0.15) is 6.33 Å². The molecule has 4 heterocycles. The molecule has 3 fully saturated rings. The number of rotatable bonds is 3. The third kappa shape index (κ3) is 6.16.